The third kappa shape index (κ3) is 7.24. The minimum Gasteiger partial charge on any atom is -0.381 e. The molecule has 3 amide bonds. The van der Waals surface area contributed by atoms with Gasteiger partial charge in [0, 0.05) is 32.1 Å². The van der Waals surface area contributed by atoms with E-state index in [0.717, 1.165) is 69.1 Å². The highest BCUT2D eigenvalue weighted by atomic mass is 19.3. The van der Waals surface area contributed by atoms with Crippen LogP contribution in [0.5, 0.6) is 0 Å². The molecule has 1 saturated heterocycles. The zero-order valence-electron chi connectivity index (χ0n) is 33.4. The maximum absolute atomic E-state index is 14.3. The largest absolute Gasteiger partial charge is 0.381 e. The van der Waals surface area contributed by atoms with Crippen molar-refractivity contribution in [3.63, 3.8) is 0 Å². The van der Waals surface area contributed by atoms with Crippen molar-refractivity contribution in [2.75, 3.05) is 18.9 Å². The predicted octanol–water partition coefficient (Wildman–Crippen LogP) is 4.53. The van der Waals surface area contributed by atoms with E-state index >= 15 is 0 Å². The van der Waals surface area contributed by atoms with Crippen LogP contribution < -0.4 is 22.1 Å². The van der Waals surface area contributed by atoms with Gasteiger partial charge in [0.05, 0.1) is 58.1 Å². The van der Waals surface area contributed by atoms with Gasteiger partial charge in [0.1, 0.15) is 17.4 Å². The molecule has 6 heterocycles. The number of rotatable bonds is 11. The number of primary amides is 1. The minimum absolute atomic E-state index is 0.00888. The number of carbonyl (C=O) groups is 3. The summed E-state index contributed by atoms with van der Waals surface area (Å²) < 4.78 is 36.4. The summed E-state index contributed by atoms with van der Waals surface area (Å²) in [5.41, 5.74) is 9.09. The molecule has 2 aliphatic carbocycles. The van der Waals surface area contributed by atoms with Gasteiger partial charge in [-0.2, -0.15) is 10.2 Å². The fraction of sp³-hybridized carbons (Fsp3) is 0.463. The van der Waals surface area contributed by atoms with Crippen LogP contribution in [0.2, 0.25) is 0 Å². The van der Waals surface area contributed by atoms with Gasteiger partial charge in [-0.1, -0.05) is 11.3 Å². The van der Waals surface area contributed by atoms with E-state index in [-0.39, 0.29) is 53.5 Å². The monoisotopic (exact) mass is 823 g/mol. The first-order valence-electron chi connectivity index (χ1n) is 20.5. The number of aromatic nitrogens is 9. The molecule has 0 spiro atoms. The van der Waals surface area contributed by atoms with Gasteiger partial charge >= 0.3 is 5.69 Å². The number of alkyl halides is 2. The summed E-state index contributed by atoms with van der Waals surface area (Å²) in [6.45, 7) is 0.965. The van der Waals surface area contributed by atoms with Crippen LogP contribution >= 0.6 is 0 Å². The van der Waals surface area contributed by atoms with Crippen molar-refractivity contribution in [1.82, 2.24) is 53.7 Å². The molecule has 5 aromatic heterocycles. The highest BCUT2D eigenvalue weighted by Crippen LogP contribution is 2.36. The van der Waals surface area contributed by atoms with E-state index < -0.39 is 24.3 Å². The molecule has 6 aromatic rings. The minimum atomic E-state index is -2.80. The molecule has 314 valence electrons. The molecule has 2 saturated carbocycles. The Hall–Kier alpha value is -6.24. The fourth-order valence-corrected chi connectivity index (χ4v) is 9.56. The van der Waals surface area contributed by atoms with Gasteiger partial charge in [0.25, 0.3) is 6.43 Å². The van der Waals surface area contributed by atoms with E-state index in [4.69, 9.17) is 5.73 Å². The van der Waals surface area contributed by atoms with Crippen LogP contribution in [0.1, 0.15) is 98.8 Å². The zero-order chi connectivity index (χ0) is 41.8. The standard InChI is InChI=1S/C41H47F2N13O4/c1-51(26-12-8-25(9-13-26)46-29-4-3-5-32-37(29)52(2)41(60)55(32)33-16-17-35(57)47-40(33)59)20-23-6-10-27(11-7-23)53-22-34(36(49-53)38(42)43)54-21-30(48-50-54)31-15-14-28-18-24(39(44)58)19-45-56(28)31/h3-5,14-15,18-19,21-23,25-27,33,38,46H,6-13,16-17,20H2,1-2H3,(H2,44,58)(H,47,57,59). The van der Waals surface area contributed by atoms with Crippen molar-refractivity contribution in [2.45, 2.75) is 94.8 Å². The Morgan fingerprint density at radius 3 is 2.53 bits per heavy atom. The second kappa shape index (κ2) is 15.7. The zero-order valence-corrected chi connectivity index (χ0v) is 33.4. The van der Waals surface area contributed by atoms with Crippen molar-refractivity contribution < 1.29 is 23.2 Å². The summed E-state index contributed by atoms with van der Waals surface area (Å²) in [6.07, 6.45) is 9.84. The Morgan fingerprint density at radius 2 is 1.80 bits per heavy atom. The van der Waals surface area contributed by atoms with Crippen molar-refractivity contribution in [1.29, 1.82) is 0 Å². The Bertz CT molecular complexity index is 2660. The Kier molecular flexibility index (Phi) is 10.3. The van der Waals surface area contributed by atoms with Gasteiger partial charge < -0.3 is 16.0 Å². The van der Waals surface area contributed by atoms with E-state index in [1.165, 1.54) is 15.4 Å². The molecule has 4 N–H and O–H groups in total. The number of imide groups is 1. The van der Waals surface area contributed by atoms with Crippen LogP contribution in [0, 0.1) is 5.92 Å². The summed E-state index contributed by atoms with van der Waals surface area (Å²) in [5.74, 6) is -0.871. The first-order valence-corrected chi connectivity index (χ1v) is 20.5. The van der Waals surface area contributed by atoms with Gasteiger partial charge in [0.2, 0.25) is 17.7 Å². The number of halogens is 2. The molecule has 1 atom stereocenters. The number of amides is 3. The van der Waals surface area contributed by atoms with Gasteiger partial charge in [-0.3, -0.25) is 33.5 Å². The number of para-hydroxylation sites is 1. The van der Waals surface area contributed by atoms with Gasteiger partial charge in [-0.25, -0.2) is 22.8 Å². The summed E-state index contributed by atoms with van der Waals surface area (Å²) >= 11 is 0. The second-order valence-corrected chi connectivity index (χ2v) is 16.5. The highest BCUT2D eigenvalue weighted by molar-refractivity contribution is 6.00. The molecule has 1 aliphatic heterocycles. The van der Waals surface area contributed by atoms with Crippen molar-refractivity contribution in [2.24, 2.45) is 18.7 Å². The fourth-order valence-electron chi connectivity index (χ4n) is 9.56. The maximum atomic E-state index is 14.3. The number of anilines is 1. The smallest absolute Gasteiger partial charge is 0.329 e. The van der Waals surface area contributed by atoms with Crippen LogP contribution in [-0.2, 0) is 16.6 Å². The normalized spacial score (nSPS) is 22.6. The third-order valence-electron chi connectivity index (χ3n) is 12.8. The van der Waals surface area contributed by atoms with Crippen molar-refractivity contribution in [3.05, 3.63) is 76.7 Å². The Balaban J connectivity index is 0.796. The molecule has 1 aromatic carbocycles. The predicted molar refractivity (Wildman–Crippen MR) is 217 cm³/mol. The topological polar surface area (TPSA) is 197 Å². The first-order chi connectivity index (χ1) is 28.9. The van der Waals surface area contributed by atoms with Gasteiger partial charge in [0.15, 0.2) is 5.69 Å². The Labute approximate surface area is 342 Å². The quantitative estimate of drug-likeness (QED) is 0.156. The summed E-state index contributed by atoms with van der Waals surface area (Å²) in [5, 5.41) is 23.1. The number of nitrogens with one attached hydrogen (secondary N) is 2. The summed E-state index contributed by atoms with van der Waals surface area (Å²) in [4.78, 5) is 51.9. The molecule has 0 radical (unpaired) electrons. The lowest BCUT2D eigenvalue weighted by molar-refractivity contribution is -0.135. The lowest BCUT2D eigenvalue weighted by Gasteiger charge is -2.38. The molecule has 1 unspecified atom stereocenters. The first kappa shape index (κ1) is 39.2. The number of aryl methyl sites for hydroxylation is 1. The van der Waals surface area contributed by atoms with Crippen molar-refractivity contribution >= 4 is 40.0 Å². The Morgan fingerprint density at radius 1 is 1.02 bits per heavy atom. The molecule has 3 fully saturated rings. The number of benzene rings is 1. The molecule has 0 bridgehead atoms. The summed E-state index contributed by atoms with van der Waals surface area (Å²) in [7, 11) is 3.92. The summed E-state index contributed by atoms with van der Waals surface area (Å²) in [6, 6.07) is 10.8. The molecular formula is C41H47F2N13O4. The number of hydrogen-bond acceptors (Lipinski definition) is 10. The molecule has 60 heavy (non-hydrogen) atoms. The SMILES string of the molecule is CN(CC1CCC(n2cc(-n3cc(-c4ccc5cc(C(N)=O)cnn45)nn3)c(C(F)F)n2)CC1)C1CCC(Nc2cccc3c2n(C)c(=O)n3C2CCC(=O)NC2=O)CC1. The number of nitrogens with two attached hydrogens (primary N) is 1. The van der Waals surface area contributed by atoms with Gasteiger partial charge in [-0.05, 0) is 101 Å². The van der Waals surface area contributed by atoms with E-state index in [1.807, 2.05) is 18.2 Å². The molecule has 9 rings (SSSR count). The van der Waals surface area contributed by atoms with Crippen LogP contribution in [-0.4, -0.2) is 91.8 Å². The number of carbonyl (C=O) groups excluding carboxylic acids is 3. The van der Waals surface area contributed by atoms with Crippen LogP contribution in [0.25, 0.3) is 33.6 Å². The van der Waals surface area contributed by atoms with Gasteiger partial charge in [-0.15, -0.1) is 5.10 Å². The number of nitrogens with zero attached hydrogens (tertiary/aromatic N) is 10. The maximum Gasteiger partial charge on any atom is 0.329 e. The van der Waals surface area contributed by atoms with E-state index in [9.17, 15) is 28.0 Å². The molecule has 3 aliphatic rings. The lowest BCUT2D eigenvalue weighted by Crippen LogP contribution is -2.44. The van der Waals surface area contributed by atoms with E-state index in [1.54, 1.807) is 51.4 Å². The van der Waals surface area contributed by atoms with E-state index in [0.29, 0.717) is 34.4 Å². The number of fused-ring (bicyclic) bond motifs is 2. The average Bonchev–Trinajstić information content (AvgIpc) is 4.04. The van der Waals surface area contributed by atoms with E-state index in [2.05, 4.69) is 43.1 Å². The number of imidazole rings is 1. The number of piperidine rings is 1. The molecule has 17 nitrogen and oxygen atoms in total. The van der Waals surface area contributed by atoms with Crippen LogP contribution in [0.15, 0.2) is 59.8 Å². The molecule has 19 heteroatoms. The number of hydrogen-bond donors (Lipinski definition) is 3. The van der Waals surface area contributed by atoms with Crippen LogP contribution in [0.4, 0.5) is 14.5 Å². The second-order valence-electron chi connectivity index (χ2n) is 16.5. The average molecular weight is 824 g/mol. The third-order valence-corrected chi connectivity index (χ3v) is 12.8. The van der Waals surface area contributed by atoms with Crippen molar-refractivity contribution in [3.8, 4) is 17.1 Å². The highest BCUT2D eigenvalue weighted by Gasteiger charge is 2.33. The van der Waals surface area contributed by atoms with Crippen LogP contribution in [0.3, 0.4) is 0 Å². The molecular weight excluding hydrogens is 777 g/mol. The lowest BCUT2D eigenvalue weighted by atomic mass is 9.84.